The molecule has 4 heterocycles. The number of benzene rings is 1. The Bertz CT molecular complexity index is 2180. The average molecular weight is 800 g/mol. The number of ketones is 2. The number of carbonyl (C=O) groups excluding carboxylic acids is 4. The fourth-order valence-corrected chi connectivity index (χ4v) is 7.76. The van der Waals surface area contributed by atoms with Crippen LogP contribution in [0, 0.1) is 19.8 Å². The smallest absolute Gasteiger partial charge is 0.328 e. The van der Waals surface area contributed by atoms with Crippen LogP contribution < -0.4 is 0 Å². The van der Waals surface area contributed by atoms with Crippen molar-refractivity contribution in [3.05, 3.63) is 70.7 Å². The van der Waals surface area contributed by atoms with Gasteiger partial charge >= 0.3 is 12.5 Å². The van der Waals surface area contributed by atoms with Gasteiger partial charge in [-0.3, -0.25) is 28.8 Å². The van der Waals surface area contributed by atoms with Crippen LogP contribution in [0.15, 0.2) is 36.7 Å². The third kappa shape index (κ3) is 9.17. The van der Waals surface area contributed by atoms with Crippen LogP contribution in [0.5, 0.6) is 0 Å². The third-order valence-corrected chi connectivity index (χ3v) is 10.8. The van der Waals surface area contributed by atoms with Crippen molar-refractivity contribution in [1.29, 1.82) is 0 Å². The predicted octanol–water partition coefficient (Wildman–Crippen LogP) is 7.39. The second kappa shape index (κ2) is 16.3. The third-order valence-electron chi connectivity index (χ3n) is 10.8. The van der Waals surface area contributed by atoms with Gasteiger partial charge in [-0.2, -0.15) is 18.3 Å². The normalized spacial score (nSPS) is 17.9. The van der Waals surface area contributed by atoms with E-state index in [9.17, 15) is 45.5 Å². The Morgan fingerprint density at radius 2 is 1.61 bits per heavy atom. The number of hydrogen-bond donors (Lipinski definition) is 0. The fourth-order valence-electron chi connectivity index (χ4n) is 7.76. The minimum atomic E-state index is -4.73. The number of Topliss-reactive ketones (excluding diaryl/α,β-unsaturated/α-hetero) is 2. The molecule has 3 atom stereocenters. The lowest BCUT2D eigenvalue weighted by Gasteiger charge is -2.27. The van der Waals surface area contributed by atoms with Gasteiger partial charge in [-0.25, -0.2) is 15.0 Å². The molecule has 0 N–H and O–H groups in total. The summed E-state index contributed by atoms with van der Waals surface area (Å²) >= 11 is 0. The van der Waals surface area contributed by atoms with Gasteiger partial charge in [0.15, 0.2) is 11.6 Å². The summed E-state index contributed by atoms with van der Waals surface area (Å²) in [4.78, 5) is 66.8. The topological polar surface area (TPSA) is 131 Å². The Hall–Kier alpha value is -5.22. The lowest BCUT2D eigenvalue weighted by Crippen LogP contribution is -2.45. The number of hydrogen-bond acceptors (Lipinski definition) is 8. The van der Waals surface area contributed by atoms with Gasteiger partial charge in [-0.1, -0.05) is 18.9 Å². The monoisotopic (exact) mass is 799 g/mol. The summed E-state index contributed by atoms with van der Waals surface area (Å²) in [5.41, 5.74) is 2.11. The maximum atomic E-state index is 14.2. The first-order chi connectivity index (χ1) is 26.9. The summed E-state index contributed by atoms with van der Waals surface area (Å²) in [7, 11) is 0. The van der Waals surface area contributed by atoms with Crippen molar-refractivity contribution in [3.63, 3.8) is 0 Å². The molecule has 304 valence electrons. The Labute approximate surface area is 324 Å². The van der Waals surface area contributed by atoms with Crippen LogP contribution in [-0.2, 0) is 39.9 Å². The van der Waals surface area contributed by atoms with E-state index in [0.717, 1.165) is 11.6 Å². The summed E-state index contributed by atoms with van der Waals surface area (Å²) in [5.74, 6) is -1.51. The number of carbonyl (C=O) groups is 4. The van der Waals surface area contributed by atoms with Gasteiger partial charge in [0.25, 0.3) is 0 Å². The molecule has 1 aromatic carbocycles. The number of piperidine rings is 1. The van der Waals surface area contributed by atoms with Gasteiger partial charge in [-0.15, -0.1) is 13.2 Å². The summed E-state index contributed by atoms with van der Waals surface area (Å²) in [5, 5.41) is 5.10. The van der Waals surface area contributed by atoms with Crippen LogP contribution in [0.1, 0.15) is 97.6 Å². The maximum absolute atomic E-state index is 14.2. The highest BCUT2D eigenvalue weighted by atomic mass is 19.4. The molecule has 0 radical (unpaired) electrons. The second-order valence-electron chi connectivity index (χ2n) is 14.8. The molecule has 4 aromatic rings. The minimum Gasteiger partial charge on any atom is -0.328 e. The second-order valence-corrected chi connectivity index (χ2v) is 14.8. The number of halogens is 6. The number of fused-ring (bicyclic) bond motifs is 2. The average Bonchev–Trinajstić information content (AvgIpc) is 3.63. The molecule has 0 spiro atoms. The molecule has 11 nitrogen and oxygen atoms in total. The Morgan fingerprint density at radius 1 is 0.912 bits per heavy atom. The summed E-state index contributed by atoms with van der Waals surface area (Å²) < 4.78 is 81.2. The Kier molecular flexibility index (Phi) is 11.9. The van der Waals surface area contributed by atoms with Crippen molar-refractivity contribution in [2.45, 2.75) is 117 Å². The van der Waals surface area contributed by atoms with Gasteiger partial charge in [0, 0.05) is 49.3 Å². The van der Waals surface area contributed by atoms with Crippen LogP contribution in [0.25, 0.3) is 22.0 Å². The number of pyridine rings is 1. The Balaban J connectivity index is 1.25. The van der Waals surface area contributed by atoms with Crippen molar-refractivity contribution in [3.8, 4) is 11.1 Å². The molecule has 2 fully saturated rings. The SMILES string of the molecule is CCN(C(=O)CCCCCCc1cc(-c2cnc(C)nc2)cc2c(C(C)=O)nn(CC(=O)N3[C@@H]4C[C@@H]4C[C@H]3C(=O)Cc3nc(C(F)(F)F)ccc3C)c12)C(F)(F)F. The summed E-state index contributed by atoms with van der Waals surface area (Å²) in [6, 6.07) is 4.77. The number of aryl methyl sites for hydroxylation is 3. The van der Waals surface area contributed by atoms with Crippen molar-refractivity contribution in [2.24, 2.45) is 5.92 Å². The highest BCUT2D eigenvalue weighted by Crippen LogP contribution is 2.48. The molecule has 6 rings (SSSR count). The standard InChI is InChI=1S/C40H43F6N7O4/c1-5-51(40(44,45)46)35(56)11-9-7-6-8-10-25-14-26(28-19-47-24(4)48-20-28)15-29-37(23(3)54)50-52(38(25)29)21-36(57)53-31-16-27(31)17-32(53)33(55)18-30-22(2)12-13-34(49-30)39(41,42)43/h12-15,19-20,27,31-32H,5-11,16-18,21H2,1-4H3/t27-,31-,32+/m1/s1. The highest BCUT2D eigenvalue weighted by molar-refractivity contribution is 6.07. The molecule has 0 bridgehead atoms. The first kappa shape index (κ1) is 41.4. The van der Waals surface area contributed by atoms with E-state index in [4.69, 9.17) is 0 Å². The number of aromatic nitrogens is 5. The molecule has 2 aliphatic rings. The van der Waals surface area contributed by atoms with E-state index >= 15 is 0 Å². The number of alkyl halides is 6. The first-order valence-electron chi connectivity index (χ1n) is 19.0. The number of amides is 2. The van der Waals surface area contributed by atoms with E-state index in [1.807, 2.05) is 6.07 Å². The van der Waals surface area contributed by atoms with E-state index in [2.05, 4.69) is 20.1 Å². The zero-order valence-corrected chi connectivity index (χ0v) is 32.0. The zero-order chi connectivity index (χ0) is 41.4. The van der Waals surface area contributed by atoms with E-state index in [-0.39, 0.29) is 59.8 Å². The van der Waals surface area contributed by atoms with Crippen LogP contribution >= 0.6 is 0 Å². The largest absolute Gasteiger partial charge is 0.487 e. The summed E-state index contributed by atoms with van der Waals surface area (Å²) in [6.45, 7) is 5.18. The molecule has 3 aromatic heterocycles. The van der Waals surface area contributed by atoms with E-state index in [1.54, 1.807) is 32.3 Å². The summed E-state index contributed by atoms with van der Waals surface area (Å²) in [6.07, 6.45) is -3.29. The lowest BCUT2D eigenvalue weighted by molar-refractivity contribution is -0.239. The van der Waals surface area contributed by atoms with Crippen molar-refractivity contribution >= 4 is 34.3 Å². The van der Waals surface area contributed by atoms with E-state index in [1.165, 1.54) is 29.5 Å². The van der Waals surface area contributed by atoms with Crippen LogP contribution in [0.4, 0.5) is 26.3 Å². The number of nitrogens with zero attached hydrogens (tertiary/aromatic N) is 7. The van der Waals surface area contributed by atoms with Crippen LogP contribution in [0.3, 0.4) is 0 Å². The van der Waals surface area contributed by atoms with Gasteiger partial charge in [-0.05, 0) is 93.7 Å². The quantitative estimate of drug-likeness (QED) is 0.0527. The molecular formula is C40H43F6N7O4. The molecule has 57 heavy (non-hydrogen) atoms. The van der Waals surface area contributed by atoms with Crippen molar-refractivity contribution in [2.75, 3.05) is 6.54 Å². The van der Waals surface area contributed by atoms with Gasteiger partial charge in [0.05, 0.1) is 23.7 Å². The minimum absolute atomic E-state index is 0.00206. The fraction of sp³-hybridized carbons (Fsp3) is 0.500. The lowest BCUT2D eigenvalue weighted by atomic mass is 9.96. The van der Waals surface area contributed by atoms with Gasteiger partial charge < -0.3 is 4.90 Å². The Morgan fingerprint density at radius 3 is 2.26 bits per heavy atom. The molecule has 1 aliphatic heterocycles. The van der Waals surface area contributed by atoms with Gasteiger partial charge in [0.1, 0.15) is 23.8 Å². The number of unbranched alkanes of at least 4 members (excludes halogenated alkanes) is 3. The van der Waals surface area contributed by atoms with Crippen LogP contribution in [-0.4, -0.2) is 82.8 Å². The predicted molar refractivity (Wildman–Crippen MR) is 196 cm³/mol. The maximum Gasteiger partial charge on any atom is 0.487 e. The van der Waals surface area contributed by atoms with Crippen LogP contribution in [0.2, 0.25) is 0 Å². The van der Waals surface area contributed by atoms with Gasteiger partial charge in [0.2, 0.25) is 11.8 Å². The molecule has 1 aliphatic carbocycles. The number of likely N-dealkylation sites (tertiary alicyclic amines) is 1. The zero-order valence-electron chi connectivity index (χ0n) is 32.0. The molecular weight excluding hydrogens is 756 g/mol. The number of rotatable bonds is 15. The van der Waals surface area contributed by atoms with E-state index in [0.29, 0.717) is 71.9 Å². The molecule has 1 saturated carbocycles. The molecule has 17 heteroatoms. The molecule has 0 unspecified atom stereocenters. The highest BCUT2D eigenvalue weighted by Gasteiger charge is 2.55. The first-order valence-corrected chi connectivity index (χ1v) is 19.0. The molecule has 2 amide bonds. The van der Waals surface area contributed by atoms with Crippen molar-refractivity contribution < 1.29 is 45.5 Å². The molecule has 1 saturated heterocycles. The van der Waals surface area contributed by atoms with E-state index < -0.39 is 48.4 Å². The van der Waals surface area contributed by atoms with Crippen molar-refractivity contribution in [1.82, 2.24) is 34.5 Å².